The molecule has 25 heavy (non-hydrogen) atoms. The molecular weight excluding hydrogens is 326 g/mol. The van der Waals surface area contributed by atoms with E-state index in [4.69, 9.17) is 4.74 Å². The molecular formula is C16H13N5O4. The van der Waals surface area contributed by atoms with Gasteiger partial charge in [-0.3, -0.25) is 25.1 Å². The number of aromatic nitrogens is 2. The van der Waals surface area contributed by atoms with Crippen LogP contribution < -0.4 is 10.3 Å². The fourth-order valence-corrected chi connectivity index (χ4v) is 2.19. The largest absolute Gasteiger partial charge is 0.497 e. The van der Waals surface area contributed by atoms with Crippen molar-refractivity contribution in [3.8, 4) is 17.0 Å². The Morgan fingerprint density at radius 1 is 1.08 bits per heavy atom. The monoisotopic (exact) mass is 339 g/mol. The molecule has 0 aliphatic carbocycles. The first-order valence-electron chi connectivity index (χ1n) is 7.20. The Morgan fingerprint density at radius 3 is 2.52 bits per heavy atom. The molecule has 0 atom stereocenters. The van der Waals surface area contributed by atoms with Crippen molar-refractivity contribution in [3.63, 3.8) is 0 Å². The molecule has 126 valence electrons. The molecule has 2 N–H and O–H groups in total. The minimum Gasteiger partial charge on any atom is -0.497 e. The predicted molar refractivity (Wildman–Crippen MR) is 90.7 cm³/mol. The van der Waals surface area contributed by atoms with E-state index in [-0.39, 0.29) is 11.4 Å². The number of nitrogens with zero attached hydrogens (tertiary/aromatic N) is 3. The van der Waals surface area contributed by atoms with Crippen LogP contribution in [0.4, 0.5) is 17.1 Å². The van der Waals surface area contributed by atoms with Crippen LogP contribution >= 0.6 is 0 Å². The molecule has 3 rings (SSSR count). The lowest BCUT2D eigenvalue weighted by Crippen LogP contribution is -1.96. The number of azo groups is 1. The van der Waals surface area contributed by atoms with Gasteiger partial charge in [-0.1, -0.05) is 6.07 Å². The van der Waals surface area contributed by atoms with Crippen molar-refractivity contribution in [1.82, 2.24) is 10.2 Å². The summed E-state index contributed by atoms with van der Waals surface area (Å²) in [5, 5.41) is 23.9. The molecule has 3 aromatic rings. The summed E-state index contributed by atoms with van der Waals surface area (Å²) in [6.07, 6.45) is 0. The molecule has 9 nitrogen and oxygen atoms in total. The number of nitrogens with one attached hydrogen (secondary N) is 2. The summed E-state index contributed by atoms with van der Waals surface area (Å²) in [6, 6.07) is 12.7. The minimum absolute atomic E-state index is 0.0406. The van der Waals surface area contributed by atoms with Crippen LogP contribution in [0.2, 0.25) is 0 Å². The summed E-state index contributed by atoms with van der Waals surface area (Å²) in [4.78, 5) is 22.2. The predicted octanol–water partition coefficient (Wildman–Crippen LogP) is 3.70. The SMILES string of the molecule is COc1cccc(N=Nc2c(-c3ccc([N+](=O)[O-])cc3)[nH][nH]c2=O)c1. The van der Waals surface area contributed by atoms with Gasteiger partial charge < -0.3 is 4.74 Å². The Hall–Kier alpha value is -3.75. The number of non-ortho nitro benzene ring substituents is 1. The van der Waals surface area contributed by atoms with Crippen LogP contribution in [-0.4, -0.2) is 22.2 Å². The number of rotatable bonds is 5. The van der Waals surface area contributed by atoms with Crippen LogP contribution in [0.25, 0.3) is 11.3 Å². The van der Waals surface area contributed by atoms with Crippen LogP contribution in [-0.2, 0) is 0 Å². The van der Waals surface area contributed by atoms with Crippen LogP contribution in [0.3, 0.4) is 0 Å². The number of ether oxygens (including phenoxy) is 1. The van der Waals surface area contributed by atoms with Gasteiger partial charge in [-0.25, -0.2) is 0 Å². The van der Waals surface area contributed by atoms with Gasteiger partial charge >= 0.3 is 0 Å². The second-order valence-corrected chi connectivity index (χ2v) is 5.01. The standard InChI is InChI=1S/C16H13N5O4/c1-25-13-4-2-3-11(9-13)17-19-15-14(18-20-16(15)22)10-5-7-12(8-6-10)21(23)24/h2-9H,1H3,(H2,18,20,22). The Balaban J connectivity index is 1.95. The molecule has 0 spiro atoms. The summed E-state index contributed by atoms with van der Waals surface area (Å²) in [5.41, 5.74) is 1.09. The maximum absolute atomic E-state index is 12.0. The molecule has 0 fully saturated rings. The van der Waals surface area contributed by atoms with Gasteiger partial charge in [0.25, 0.3) is 11.2 Å². The Bertz CT molecular complexity index is 988. The van der Waals surface area contributed by atoms with Crippen LogP contribution in [0, 0.1) is 10.1 Å². The number of benzene rings is 2. The third-order valence-electron chi connectivity index (χ3n) is 3.44. The van der Waals surface area contributed by atoms with Gasteiger partial charge in [0.2, 0.25) is 0 Å². The third-order valence-corrected chi connectivity index (χ3v) is 3.44. The number of aromatic amines is 2. The Morgan fingerprint density at radius 2 is 1.84 bits per heavy atom. The van der Waals surface area contributed by atoms with E-state index in [1.807, 2.05) is 0 Å². The zero-order chi connectivity index (χ0) is 17.8. The van der Waals surface area contributed by atoms with Crippen molar-refractivity contribution in [1.29, 1.82) is 0 Å². The fourth-order valence-electron chi connectivity index (χ4n) is 2.19. The van der Waals surface area contributed by atoms with Crippen LogP contribution in [0.15, 0.2) is 63.6 Å². The molecule has 9 heteroatoms. The first-order valence-corrected chi connectivity index (χ1v) is 7.20. The van der Waals surface area contributed by atoms with E-state index in [0.29, 0.717) is 22.7 Å². The van der Waals surface area contributed by atoms with Crippen molar-refractivity contribution in [2.75, 3.05) is 7.11 Å². The van der Waals surface area contributed by atoms with Gasteiger partial charge in [-0.15, -0.1) is 5.11 Å². The lowest BCUT2D eigenvalue weighted by Gasteiger charge is -2.00. The Labute approximate surface area is 141 Å². The van der Waals surface area contributed by atoms with Crippen molar-refractivity contribution in [3.05, 3.63) is 69.0 Å². The molecule has 1 aromatic heterocycles. The van der Waals surface area contributed by atoms with E-state index in [1.54, 1.807) is 31.4 Å². The first kappa shape index (κ1) is 16.1. The van der Waals surface area contributed by atoms with E-state index in [1.165, 1.54) is 24.3 Å². The summed E-state index contributed by atoms with van der Waals surface area (Å²) in [7, 11) is 1.54. The maximum atomic E-state index is 12.0. The quantitative estimate of drug-likeness (QED) is 0.417. The molecule has 0 aliphatic heterocycles. The fraction of sp³-hybridized carbons (Fsp3) is 0.0625. The lowest BCUT2D eigenvalue weighted by atomic mass is 10.1. The highest BCUT2D eigenvalue weighted by Gasteiger charge is 2.13. The molecule has 1 heterocycles. The maximum Gasteiger partial charge on any atom is 0.292 e. The van der Waals surface area contributed by atoms with Crippen molar-refractivity contribution < 1.29 is 9.66 Å². The zero-order valence-electron chi connectivity index (χ0n) is 13.1. The normalized spacial score (nSPS) is 10.9. The second kappa shape index (κ2) is 6.79. The van der Waals surface area contributed by atoms with Crippen LogP contribution in [0.5, 0.6) is 5.75 Å². The van der Waals surface area contributed by atoms with Gasteiger partial charge in [0, 0.05) is 23.8 Å². The Kier molecular flexibility index (Phi) is 4.38. The molecule has 2 aromatic carbocycles. The molecule has 0 radical (unpaired) electrons. The second-order valence-electron chi connectivity index (χ2n) is 5.01. The van der Waals surface area contributed by atoms with Gasteiger partial charge in [0.15, 0.2) is 5.69 Å². The van der Waals surface area contributed by atoms with Gasteiger partial charge in [-0.05, 0) is 24.3 Å². The summed E-state index contributed by atoms with van der Waals surface area (Å²) in [6.45, 7) is 0. The number of hydrogen-bond donors (Lipinski definition) is 2. The lowest BCUT2D eigenvalue weighted by molar-refractivity contribution is -0.384. The molecule has 0 bridgehead atoms. The molecule has 0 unspecified atom stereocenters. The number of hydrogen-bond acceptors (Lipinski definition) is 6. The van der Waals surface area contributed by atoms with Gasteiger partial charge in [-0.2, -0.15) is 5.11 Å². The van der Waals surface area contributed by atoms with E-state index in [9.17, 15) is 14.9 Å². The van der Waals surface area contributed by atoms with E-state index in [0.717, 1.165) is 0 Å². The number of methoxy groups -OCH3 is 1. The highest BCUT2D eigenvalue weighted by atomic mass is 16.6. The summed E-state index contributed by atoms with van der Waals surface area (Å²) >= 11 is 0. The van der Waals surface area contributed by atoms with E-state index >= 15 is 0 Å². The average Bonchev–Trinajstić information content (AvgIpc) is 3.01. The van der Waals surface area contributed by atoms with Gasteiger partial charge in [0.05, 0.1) is 23.4 Å². The van der Waals surface area contributed by atoms with E-state index < -0.39 is 10.5 Å². The number of nitro groups is 1. The minimum atomic E-state index is -0.493. The van der Waals surface area contributed by atoms with Crippen molar-refractivity contribution in [2.45, 2.75) is 0 Å². The molecule has 0 saturated carbocycles. The highest BCUT2D eigenvalue weighted by molar-refractivity contribution is 5.71. The third kappa shape index (κ3) is 3.44. The molecule has 0 saturated heterocycles. The van der Waals surface area contributed by atoms with Crippen molar-refractivity contribution in [2.24, 2.45) is 10.2 Å². The van der Waals surface area contributed by atoms with Gasteiger partial charge in [0.1, 0.15) is 5.75 Å². The number of H-pyrrole nitrogens is 2. The average molecular weight is 339 g/mol. The number of nitro benzene ring substituents is 1. The van der Waals surface area contributed by atoms with Crippen molar-refractivity contribution >= 4 is 17.1 Å². The first-order chi connectivity index (χ1) is 12.1. The molecule has 0 aliphatic rings. The highest BCUT2D eigenvalue weighted by Crippen LogP contribution is 2.28. The zero-order valence-corrected chi connectivity index (χ0v) is 13.1. The van der Waals surface area contributed by atoms with Crippen LogP contribution in [0.1, 0.15) is 0 Å². The summed E-state index contributed by atoms with van der Waals surface area (Å²) < 4.78 is 5.11. The smallest absolute Gasteiger partial charge is 0.292 e. The summed E-state index contributed by atoms with van der Waals surface area (Å²) in [5.74, 6) is 0.620. The molecule has 0 amide bonds. The topological polar surface area (TPSA) is 126 Å². The van der Waals surface area contributed by atoms with E-state index in [2.05, 4.69) is 20.4 Å².